The van der Waals surface area contributed by atoms with E-state index in [1.807, 2.05) is 0 Å². The van der Waals surface area contributed by atoms with Gasteiger partial charge >= 0.3 is 0 Å². The molecule has 14 heavy (non-hydrogen) atoms. The molecule has 1 nitrogen and oxygen atoms in total. The molecule has 0 aromatic carbocycles. The predicted octanol–water partition coefficient (Wildman–Crippen LogP) is 3.56. The van der Waals surface area contributed by atoms with Gasteiger partial charge in [-0.25, -0.2) is 0 Å². The smallest absolute Gasteiger partial charge is 0.0431 e. The maximum absolute atomic E-state index is 8.84. The number of rotatable bonds is 6. The third kappa shape index (κ3) is 4.30. The third-order valence-corrected chi connectivity index (χ3v) is 3.92. The molecule has 0 amide bonds. The number of hydrogen-bond donors (Lipinski definition) is 1. The summed E-state index contributed by atoms with van der Waals surface area (Å²) in [7, 11) is 0. The average Bonchev–Trinajstić information content (AvgIpc) is 2.24. The lowest BCUT2D eigenvalue weighted by atomic mass is 9.78. The van der Waals surface area contributed by atoms with E-state index < -0.39 is 0 Å². The molecule has 0 saturated heterocycles. The number of hydrogen-bond acceptors (Lipinski definition) is 1. The first-order chi connectivity index (χ1) is 6.88. The fraction of sp³-hybridized carbons (Fsp3) is 0.833. The number of aliphatic hydroxyl groups is 1. The van der Waals surface area contributed by atoms with Crippen molar-refractivity contribution in [3.05, 3.63) is 12.2 Å². The van der Waals surface area contributed by atoms with Crippen molar-refractivity contribution in [2.24, 2.45) is 11.8 Å². The van der Waals surface area contributed by atoms with Crippen molar-refractivity contribution < 1.29 is 5.11 Å². The van der Waals surface area contributed by atoms with E-state index in [0.29, 0.717) is 6.61 Å². The van der Waals surface area contributed by atoms with Gasteiger partial charge in [-0.1, -0.05) is 34.7 Å². The lowest BCUT2D eigenvalue weighted by Gasteiger charge is -2.28. The number of alkyl halides is 1. The molecule has 0 fully saturated rings. The first kappa shape index (κ1) is 12.5. The second-order valence-corrected chi connectivity index (χ2v) is 5.24. The van der Waals surface area contributed by atoms with Crippen molar-refractivity contribution in [2.75, 3.05) is 11.0 Å². The molecule has 1 aliphatic rings. The molecule has 1 aliphatic carbocycles. The van der Waals surface area contributed by atoms with Crippen molar-refractivity contribution in [1.82, 2.24) is 0 Å². The van der Waals surface area contributed by atoms with E-state index in [4.69, 9.17) is 5.11 Å². The topological polar surface area (TPSA) is 20.2 Å². The van der Waals surface area contributed by atoms with Crippen LogP contribution in [0.5, 0.6) is 0 Å². The van der Waals surface area contributed by atoms with Crippen LogP contribution in [-0.2, 0) is 0 Å². The van der Waals surface area contributed by atoms with E-state index in [1.165, 1.54) is 36.5 Å². The highest BCUT2D eigenvalue weighted by molar-refractivity contribution is 14.1. The average molecular weight is 308 g/mol. The molecule has 0 aromatic heterocycles. The van der Waals surface area contributed by atoms with Crippen LogP contribution in [0.1, 0.15) is 38.5 Å². The van der Waals surface area contributed by atoms with Gasteiger partial charge in [0, 0.05) is 6.61 Å². The molecule has 0 bridgehead atoms. The Balaban J connectivity index is 2.31. The van der Waals surface area contributed by atoms with Crippen molar-refractivity contribution in [3.8, 4) is 0 Å². The van der Waals surface area contributed by atoms with Crippen molar-refractivity contribution in [1.29, 1.82) is 0 Å². The first-order valence-corrected chi connectivity index (χ1v) is 7.23. The Morgan fingerprint density at radius 1 is 1.07 bits per heavy atom. The Morgan fingerprint density at radius 2 is 1.64 bits per heavy atom. The van der Waals surface area contributed by atoms with Crippen LogP contribution in [0.2, 0.25) is 0 Å². The summed E-state index contributed by atoms with van der Waals surface area (Å²) >= 11 is 2.46. The lowest BCUT2D eigenvalue weighted by Crippen LogP contribution is -2.17. The van der Waals surface area contributed by atoms with Gasteiger partial charge in [-0.2, -0.15) is 0 Å². The SMILES string of the molecule is OCCCC1CC=CCC1CCCI. The van der Waals surface area contributed by atoms with Crippen LogP contribution < -0.4 is 0 Å². The standard InChI is InChI=1S/C12H21IO/c13-9-3-7-11-5-1-2-6-12(11)8-4-10-14/h1-2,11-12,14H,3-10H2. The molecule has 2 atom stereocenters. The zero-order valence-corrected chi connectivity index (χ0v) is 10.9. The molecular weight excluding hydrogens is 287 g/mol. The van der Waals surface area contributed by atoms with Gasteiger partial charge in [0.25, 0.3) is 0 Å². The van der Waals surface area contributed by atoms with Crippen molar-refractivity contribution in [3.63, 3.8) is 0 Å². The Labute approximate surface area is 101 Å². The monoisotopic (exact) mass is 308 g/mol. The van der Waals surface area contributed by atoms with Gasteiger partial charge in [-0.15, -0.1) is 0 Å². The Morgan fingerprint density at radius 3 is 2.14 bits per heavy atom. The summed E-state index contributed by atoms with van der Waals surface area (Å²) in [5, 5.41) is 8.84. The minimum Gasteiger partial charge on any atom is -0.396 e. The van der Waals surface area contributed by atoms with E-state index in [-0.39, 0.29) is 0 Å². The number of allylic oxidation sites excluding steroid dienone is 2. The minimum atomic E-state index is 0.360. The zero-order valence-electron chi connectivity index (χ0n) is 8.79. The van der Waals surface area contributed by atoms with Crippen molar-refractivity contribution >= 4 is 22.6 Å². The maximum Gasteiger partial charge on any atom is 0.0431 e. The molecule has 0 radical (unpaired) electrons. The highest BCUT2D eigenvalue weighted by Crippen LogP contribution is 2.32. The summed E-state index contributed by atoms with van der Waals surface area (Å²) in [5.41, 5.74) is 0. The largest absolute Gasteiger partial charge is 0.396 e. The Hall–Kier alpha value is 0.430. The van der Waals surface area contributed by atoms with Crippen LogP contribution in [0.15, 0.2) is 12.2 Å². The van der Waals surface area contributed by atoms with Crippen LogP contribution in [0, 0.1) is 11.8 Å². The minimum absolute atomic E-state index is 0.360. The second-order valence-electron chi connectivity index (χ2n) is 4.16. The molecule has 1 rings (SSSR count). The summed E-state index contributed by atoms with van der Waals surface area (Å²) in [5.74, 6) is 1.73. The number of halogens is 1. The van der Waals surface area contributed by atoms with E-state index >= 15 is 0 Å². The maximum atomic E-state index is 8.84. The highest BCUT2D eigenvalue weighted by Gasteiger charge is 2.21. The summed E-state index contributed by atoms with van der Waals surface area (Å²) in [6, 6.07) is 0. The molecule has 0 heterocycles. The molecular formula is C12H21IO. The zero-order chi connectivity index (χ0) is 10.2. The van der Waals surface area contributed by atoms with Gasteiger partial charge < -0.3 is 5.11 Å². The first-order valence-electron chi connectivity index (χ1n) is 5.70. The number of aliphatic hydroxyl groups excluding tert-OH is 1. The summed E-state index contributed by atoms with van der Waals surface area (Å²) in [6.45, 7) is 0.360. The summed E-state index contributed by atoms with van der Waals surface area (Å²) in [6.07, 6.45) is 12.1. The molecule has 0 aliphatic heterocycles. The second kappa shape index (κ2) is 7.69. The molecule has 2 heteroatoms. The predicted molar refractivity (Wildman–Crippen MR) is 69.8 cm³/mol. The third-order valence-electron chi connectivity index (χ3n) is 3.15. The highest BCUT2D eigenvalue weighted by atomic mass is 127. The normalized spacial score (nSPS) is 26.7. The van der Waals surface area contributed by atoms with Crippen LogP contribution in [-0.4, -0.2) is 16.1 Å². The van der Waals surface area contributed by atoms with E-state index in [2.05, 4.69) is 34.7 Å². The van der Waals surface area contributed by atoms with Gasteiger partial charge in [0.1, 0.15) is 0 Å². The van der Waals surface area contributed by atoms with Gasteiger partial charge in [-0.3, -0.25) is 0 Å². The van der Waals surface area contributed by atoms with Gasteiger partial charge in [0.2, 0.25) is 0 Å². The van der Waals surface area contributed by atoms with E-state index in [1.54, 1.807) is 0 Å². The fourth-order valence-electron chi connectivity index (χ4n) is 2.33. The van der Waals surface area contributed by atoms with Gasteiger partial charge in [-0.05, 0) is 54.8 Å². The van der Waals surface area contributed by atoms with Crippen LogP contribution in [0.25, 0.3) is 0 Å². The Kier molecular flexibility index (Phi) is 6.86. The summed E-state index contributed by atoms with van der Waals surface area (Å²) < 4.78 is 1.28. The molecule has 0 saturated carbocycles. The van der Waals surface area contributed by atoms with Gasteiger partial charge in [0.05, 0.1) is 0 Å². The quantitative estimate of drug-likeness (QED) is 0.452. The molecule has 2 unspecified atom stereocenters. The van der Waals surface area contributed by atoms with Crippen LogP contribution in [0.3, 0.4) is 0 Å². The summed E-state index contributed by atoms with van der Waals surface area (Å²) in [4.78, 5) is 0. The van der Waals surface area contributed by atoms with Crippen LogP contribution >= 0.6 is 22.6 Å². The van der Waals surface area contributed by atoms with Crippen molar-refractivity contribution in [2.45, 2.75) is 38.5 Å². The van der Waals surface area contributed by atoms with E-state index in [9.17, 15) is 0 Å². The van der Waals surface area contributed by atoms with Crippen LogP contribution in [0.4, 0.5) is 0 Å². The Bertz CT molecular complexity index is 150. The van der Waals surface area contributed by atoms with Gasteiger partial charge in [0.15, 0.2) is 0 Å². The molecule has 1 N–H and O–H groups in total. The molecule has 0 spiro atoms. The molecule has 82 valence electrons. The fourth-order valence-corrected chi connectivity index (χ4v) is 2.77. The lowest BCUT2D eigenvalue weighted by molar-refractivity contribution is 0.234. The van der Waals surface area contributed by atoms with E-state index in [0.717, 1.165) is 18.3 Å². The molecule has 0 aromatic rings.